The Kier molecular flexibility index (Phi) is 6.12. The van der Waals surface area contributed by atoms with E-state index in [1.165, 1.54) is 12.8 Å². The zero-order chi connectivity index (χ0) is 19.3. The van der Waals surface area contributed by atoms with E-state index in [0.29, 0.717) is 26.3 Å². The number of ether oxygens (including phenoxy) is 1. The van der Waals surface area contributed by atoms with Gasteiger partial charge in [-0.1, -0.05) is 23.9 Å². The average Bonchev–Trinajstić information content (AvgIpc) is 3.27. The van der Waals surface area contributed by atoms with Crippen LogP contribution >= 0.6 is 11.8 Å². The van der Waals surface area contributed by atoms with Crippen LogP contribution in [-0.2, 0) is 10.5 Å². The van der Waals surface area contributed by atoms with Crippen molar-refractivity contribution in [2.75, 3.05) is 44.3 Å². The van der Waals surface area contributed by atoms with Crippen LogP contribution in [0.15, 0.2) is 35.5 Å². The molecular formula is C21H26N4O2S. The number of carbonyl (C=O) groups is 1. The first-order valence-electron chi connectivity index (χ1n) is 9.88. The van der Waals surface area contributed by atoms with Crippen LogP contribution in [-0.4, -0.2) is 60.2 Å². The number of hydrogen-bond acceptors (Lipinski definition) is 6. The highest BCUT2D eigenvalue weighted by Crippen LogP contribution is 2.25. The highest BCUT2D eigenvalue weighted by atomic mass is 32.2. The van der Waals surface area contributed by atoms with E-state index in [2.05, 4.69) is 22.0 Å². The second kappa shape index (κ2) is 8.92. The molecule has 0 N–H and O–H groups in total. The van der Waals surface area contributed by atoms with Crippen LogP contribution in [0.1, 0.15) is 34.5 Å². The summed E-state index contributed by atoms with van der Waals surface area (Å²) in [6.07, 6.45) is 2.46. The summed E-state index contributed by atoms with van der Waals surface area (Å²) in [6, 6.07) is 9.95. The van der Waals surface area contributed by atoms with Crippen molar-refractivity contribution >= 4 is 23.5 Å². The first kappa shape index (κ1) is 19.2. The molecule has 2 aliphatic heterocycles. The molecule has 0 saturated carbocycles. The molecule has 28 heavy (non-hydrogen) atoms. The highest BCUT2D eigenvalue weighted by molar-refractivity contribution is 7.98. The minimum atomic E-state index is 0.0817. The number of carbonyl (C=O) groups excluding carboxylic acids is 1. The number of thioether (sulfide) groups is 1. The topological polar surface area (TPSA) is 58.6 Å². The molecule has 6 nitrogen and oxygen atoms in total. The van der Waals surface area contributed by atoms with Crippen molar-refractivity contribution < 1.29 is 9.53 Å². The third-order valence-corrected chi connectivity index (χ3v) is 6.01. The molecule has 2 fully saturated rings. The molecule has 0 bridgehead atoms. The van der Waals surface area contributed by atoms with Crippen LogP contribution in [0.5, 0.6) is 0 Å². The van der Waals surface area contributed by atoms with Gasteiger partial charge in [-0.05, 0) is 37.5 Å². The van der Waals surface area contributed by atoms with Gasteiger partial charge in [0.15, 0.2) is 5.16 Å². The maximum atomic E-state index is 12.7. The molecule has 3 heterocycles. The van der Waals surface area contributed by atoms with E-state index in [9.17, 15) is 4.79 Å². The molecule has 148 valence electrons. The van der Waals surface area contributed by atoms with Gasteiger partial charge in [-0.2, -0.15) is 0 Å². The van der Waals surface area contributed by atoms with Crippen molar-refractivity contribution in [2.24, 2.45) is 0 Å². The van der Waals surface area contributed by atoms with Gasteiger partial charge >= 0.3 is 0 Å². The predicted octanol–water partition coefficient (Wildman–Crippen LogP) is 3.15. The van der Waals surface area contributed by atoms with Gasteiger partial charge in [-0.3, -0.25) is 4.79 Å². The van der Waals surface area contributed by atoms with E-state index in [1.54, 1.807) is 11.8 Å². The predicted molar refractivity (Wildman–Crippen MR) is 111 cm³/mol. The number of rotatable bonds is 5. The van der Waals surface area contributed by atoms with Gasteiger partial charge in [0.25, 0.3) is 5.91 Å². The minimum absolute atomic E-state index is 0.0817. The summed E-state index contributed by atoms with van der Waals surface area (Å²) < 4.78 is 5.34. The number of aromatic nitrogens is 2. The zero-order valence-corrected chi connectivity index (χ0v) is 17.1. The summed E-state index contributed by atoms with van der Waals surface area (Å²) in [7, 11) is 0. The van der Waals surface area contributed by atoms with Crippen LogP contribution in [0.4, 0.5) is 5.82 Å². The maximum absolute atomic E-state index is 12.7. The van der Waals surface area contributed by atoms with Crippen LogP contribution in [0, 0.1) is 6.92 Å². The number of nitrogens with zero attached hydrogens (tertiary/aromatic N) is 4. The van der Waals surface area contributed by atoms with E-state index in [1.807, 2.05) is 30.0 Å². The Bertz CT molecular complexity index is 833. The molecule has 2 aliphatic rings. The molecule has 2 aromatic rings. The maximum Gasteiger partial charge on any atom is 0.254 e. The van der Waals surface area contributed by atoms with Crippen molar-refractivity contribution in [2.45, 2.75) is 30.7 Å². The molecular weight excluding hydrogens is 372 g/mol. The zero-order valence-electron chi connectivity index (χ0n) is 16.3. The van der Waals surface area contributed by atoms with Gasteiger partial charge in [0.1, 0.15) is 5.82 Å². The van der Waals surface area contributed by atoms with E-state index in [0.717, 1.165) is 46.6 Å². The number of benzene rings is 1. The second-order valence-electron chi connectivity index (χ2n) is 7.24. The molecule has 1 amide bonds. The molecule has 1 aromatic heterocycles. The van der Waals surface area contributed by atoms with Gasteiger partial charge in [-0.25, -0.2) is 9.97 Å². The average molecular weight is 399 g/mol. The number of anilines is 1. The van der Waals surface area contributed by atoms with E-state index in [-0.39, 0.29) is 5.91 Å². The third kappa shape index (κ3) is 4.64. The molecule has 0 aliphatic carbocycles. The fraction of sp³-hybridized carbons (Fsp3) is 0.476. The normalized spacial score (nSPS) is 17.2. The molecule has 1 aromatic carbocycles. The van der Waals surface area contributed by atoms with Crippen LogP contribution < -0.4 is 4.90 Å². The lowest BCUT2D eigenvalue weighted by Gasteiger charge is -2.27. The molecule has 0 spiro atoms. The lowest BCUT2D eigenvalue weighted by Crippen LogP contribution is -2.40. The van der Waals surface area contributed by atoms with Crippen molar-refractivity contribution in [1.29, 1.82) is 0 Å². The second-order valence-corrected chi connectivity index (χ2v) is 8.18. The van der Waals surface area contributed by atoms with Gasteiger partial charge in [0, 0.05) is 49.3 Å². The quantitative estimate of drug-likeness (QED) is 0.570. The third-order valence-electron chi connectivity index (χ3n) is 5.09. The summed E-state index contributed by atoms with van der Waals surface area (Å²) >= 11 is 1.62. The first-order chi connectivity index (χ1) is 13.7. The monoisotopic (exact) mass is 398 g/mol. The molecule has 7 heteroatoms. The molecule has 0 atom stereocenters. The van der Waals surface area contributed by atoms with Gasteiger partial charge in [-0.15, -0.1) is 0 Å². The summed E-state index contributed by atoms with van der Waals surface area (Å²) in [6.45, 7) is 6.73. The van der Waals surface area contributed by atoms with E-state index < -0.39 is 0 Å². The Morgan fingerprint density at radius 1 is 1.11 bits per heavy atom. The van der Waals surface area contributed by atoms with Crippen LogP contribution in [0.2, 0.25) is 0 Å². The van der Waals surface area contributed by atoms with Crippen molar-refractivity contribution in [1.82, 2.24) is 14.9 Å². The smallest absolute Gasteiger partial charge is 0.254 e. The molecule has 0 radical (unpaired) electrons. The lowest BCUT2D eigenvalue weighted by atomic mass is 10.1. The summed E-state index contributed by atoms with van der Waals surface area (Å²) in [5, 5.41) is 0.798. The van der Waals surface area contributed by atoms with Crippen molar-refractivity contribution in [3.8, 4) is 0 Å². The number of amides is 1. The van der Waals surface area contributed by atoms with Crippen LogP contribution in [0.25, 0.3) is 0 Å². The summed E-state index contributed by atoms with van der Waals surface area (Å²) in [5.41, 5.74) is 2.84. The standard InChI is InChI=1S/C21H26N4O2S/c1-16-13-19(24-7-2-3-8-24)23-21(22-16)28-15-17-5-4-6-18(14-17)20(26)25-9-11-27-12-10-25/h4-6,13-14H,2-3,7-12,15H2,1H3. The van der Waals surface area contributed by atoms with E-state index >= 15 is 0 Å². The van der Waals surface area contributed by atoms with Crippen molar-refractivity contribution in [3.63, 3.8) is 0 Å². The minimum Gasteiger partial charge on any atom is -0.378 e. The van der Waals surface area contributed by atoms with Crippen molar-refractivity contribution in [3.05, 3.63) is 47.2 Å². The Morgan fingerprint density at radius 3 is 2.68 bits per heavy atom. The van der Waals surface area contributed by atoms with E-state index in [4.69, 9.17) is 9.72 Å². The molecule has 4 rings (SSSR count). The lowest BCUT2D eigenvalue weighted by molar-refractivity contribution is 0.0303. The fourth-order valence-corrected chi connectivity index (χ4v) is 4.43. The number of morpholine rings is 1. The Balaban J connectivity index is 1.43. The first-order valence-corrected chi connectivity index (χ1v) is 10.9. The molecule has 2 saturated heterocycles. The van der Waals surface area contributed by atoms with Gasteiger partial charge in [0.2, 0.25) is 0 Å². The van der Waals surface area contributed by atoms with Gasteiger partial charge < -0.3 is 14.5 Å². The highest BCUT2D eigenvalue weighted by Gasteiger charge is 2.19. The summed E-state index contributed by atoms with van der Waals surface area (Å²) in [4.78, 5) is 26.2. The molecule has 0 unspecified atom stereocenters. The van der Waals surface area contributed by atoms with Crippen LogP contribution in [0.3, 0.4) is 0 Å². The van der Waals surface area contributed by atoms with Gasteiger partial charge in [0.05, 0.1) is 13.2 Å². The Labute approximate surface area is 170 Å². The number of aryl methyl sites for hydroxylation is 1. The largest absolute Gasteiger partial charge is 0.378 e. The Hall–Kier alpha value is -2.12. The summed E-state index contributed by atoms with van der Waals surface area (Å²) in [5.74, 6) is 1.86. The fourth-order valence-electron chi connectivity index (χ4n) is 3.59. The SMILES string of the molecule is Cc1cc(N2CCCC2)nc(SCc2cccc(C(=O)N3CCOCC3)c2)n1. The Morgan fingerprint density at radius 2 is 1.89 bits per heavy atom. The number of hydrogen-bond donors (Lipinski definition) is 0.